The van der Waals surface area contributed by atoms with Gasteiger partial charge in [0, 0.05) is 0 Å². The van der Waals surface area contributed by atoms with E-state index in [0.717, 1.165) is 22.2 Å². The molecule has 106 valence electrons. The van der Waals surface area contributed by atoms with E-state index in [1.54, 1.807) is 12.1 Å². The van der Waals surface area contributed by atoms with Crippen molar-refractivity contribution in [3.8, 4) is 5.75 Å². The van der Waals surface area contributed by atoms with Gasteiger partial charge in [-0.05, 0) is 58.2 Å². The summed E-state index contributed by atoms with van der Waals surface area (Å²) >= 11 is 3.36. The first kappa shape index (κ1) is 14.9. The number of halogens is 4. The third-order valence-electron chi connectivity index (χ3n) is 2.74. The van der Waals surface area contributed by atoms with E-state index < -0.39 is 11.7 Å². The van der Waals surface area contributed by atoms with Gasteiger partial charge in [-0.25, -0.2) is 0 Å². The predicted molar refractivity (Wildman–Crippen MR) is 74.7 cm³/mol. The van der Waals surface area contributed by atoms with Crippen LogP contribution in [-0.4, -0.2) is 0 Å². The van der Waals surface area contributed by atoms with E-state index in [1.807, 2.05) is 19.1 Å². The summed E-state index contributed by atoms with van der Waals surface area (Å²) in [6.07, 6.45) is -4.33. The molecule has 0 bridgehead atoms. The zero-order valence-electron chi connectivity index (χ0n) is 10.7. The lowest BCUT2D eigenvalue weighted by Crippen LogP contribution is -2.06. The Kier molecular flexibility index (Phi) is 4.38. The lowest BCUT2D eigenvalue weighted by Gasteiger charge is -2.11. The molecule has 0 radical (unpaired) electrons. The fraction of sp³-hybridized carbons (Fsp3) is 0.200. The van der Waals surface area contributed by atoms with Gasteiger partial charge in [-0.3, -0.25) is 0 Å². The molecular weight excluding hydrogens is 333 g/mol. The van der Waals surface area contributed by atoms with Crippen LogP contribution in [0.1, 0.15) is 16.7 Å². The second-order valence-electron chi connectivity index (χ2n) is 4.42. The molecule has 0 saturated carbocycles. The molecule has 0 amide bonds. The highest BCUT2D eigenvalue weighted by molar-refractivity contribution is 9.10. The molecule has 0 N–H and O–H groups in total. The van der Waals surface area contributed by atoms with Gasteiger partial charge in [-0.2, -0.15) is 13.2 Å². The van der Waals surface area contributed by atoms with E-state index in [1.165, 1.54) is 6.07 Å². The average molecular weight is 345 g/mol. The fourth-order valence-electron chi connectivity index (χ4n) is 1.72. The summed E-state index contributed by atoms with van der Waals surface area (Å²) in [5.41, 5.74) is 0.886. The minimum Gasteiger partial charge on any atom is -0.488 e. The Bertz CT molecular complexity index is 608. The molecule has 0 heterocycles. The van der Waals surface area contributed by atoms with E-state index in [9.17, 15) is 13.2 Å². The SMILES string of the molecule is Cc1ccc(OCc2cccc(C(F)(F)F)c2)c(Br)c1. The molecule has 2 rings (SSSR count). The summed E-state index contributed by atoms with van der Waals surface area (Å²) in [5.74, 6) is 0.605. The van der Waals surface area contributed by atoms with Crippen LogP contribution >= 0.6 is 15.9 Å². The molecular formula is C15H12BrF3O. The monoisotopic (exact) mass is 344 g/mol. The first-order chi connectivity index (χ1) is 9.36. The van der Waals surface area contributed by atoms with E-state index in [0.29, 0.717) is 11.3 Å². The molecule has 0 saturated heterocycles. The molecule has 0 fully saturated rings. The Hall–Kier alpha value is -1.49. The fourth-order valence-corrected chi connectivity index (χ4v) is 2.33. The van der Waals surface area contributed by atoms with Crippen molar-refractivity contribution in [1.29, 1.82) is 0 Å². The number of aryl methyl sites for hydroxylation is 1. The topological polar surface area (TPSA) is 9.23 Å². The van der Waals surface area contributed by atoms with Crippen LogP contribution in [0.3, 0.4) is 0 Å². The molecule has 0 unspecified atom stereocenters. The van der Waals surface area contributed by atoms with Crippen molar-refractivity contribution in [2.75, 3.05) is 0 Å². The van der Waals surface area contributed by atoms with Crippen molar-refractivity contribution in [1.82, 2.24) is 0 Å². The zero-order valence-corrected chi connectivity index (χ0v) is 12.3. The number of hydrogen-bond acceptors (Lipinski definition) is 1. The van der Waals surface area contributed by atoms with E-state index in [2.05, 4.69) is 15.9 Å². The Morgan fingerprint density at radius 1 is 1.10 bits per heavy atom. The van der Waals surface area contributed by atoms with Gasteiger partial charge in [0.2, 0.25) is 0 Å². The third-order valence-corrected chi connectivity index (χ3v) is 3.36. The standard InChI is InChI=1S/C15H12BrF3O/c1-10-5-6-14(13(16)7-10)20-9-11-3-2-4-12(8-11)15(17,18)19/h2-8H,9H2,1H3. The van der Waals surface area contributed by atoms with Gasteiger partial charge in [0.1, 0.15) is 12.4 Å². The van der Waals surface area contributed by atoms with Crippen LogP contribution in [0.4, 0.5) is 13.2 Å². The van der Waals surface area contributed by atoms with Gasteiger partial charge >= 0.3 is 6.18 Å². The Balaban J connectivity index is 2.11. The summed E-state index contributed by atoms with van der Waals surface area (Å²) in [4.78, 5) is 0. The number of alkyl halides is 3. The van der Waals surface area contributed by atoms with E-state index >= 15 is 0 Å². The van der Waals surface area contributed by atoms with Gasteiger partial charge < -0.3 is 4.74 Å². The largest absolute Gasteiger partial charge is 0.488 e. The van der Waals surface area contributed by atoms with Crippen LogP contribution in [-0.2, 0) is 12.8 Å². The Morgan fingerprint density at radius 2 is 1.85 bits per heavy atom. The van der Waals surface area contributed by atoms with Gasteiger partial charge in [0.25, 0.3) is 0 Å². The Labute approximate surface area is 123 Å². The maximum Gasteiger partial charge on any atom is 0.416 e. The molecule has 20 heavy (non-hydrogen) atoms. The highest BCUT2D eigenvalue weighted by Crippen LogP contribution is 2.30. The molecule has 1 nitrogen and oxygen atoms in total. The van der Waals surface area contributed by atoms with Crippen molar-refractivity contribution in [2.24, 2.45) is 0 Å². The summed E-state index contributed by atoms with van der Waals surface area (Å²) in [7, 11) is 0. The maximum atomic E-state index is 12.6. The maximum absolute atomic E-state index is 12.6. The summed E-state index contributed by atoms with van der Waals surface area (Å²) in [5, 5.41) is 0. The van der Waals surface area contributed by atoms with Crippen molar-refractivity contribution >= 4 is 15.9 Å². The lowest BCUT2D eigenvalue weighted by molar-refractivity contribution is -0.137. The number of ether oxygens (including phenoxy) is 1. The average Bonchev–Trinajstić information content (AvgIpc) is 2.37. The van der Waals surface area contributed by atoms with Crippen LogP contribution in [0.5, 0.6) is 5.75 Å². The molecule has 0 aliphatic rings. The van der Waals surface area contributed by atoms with Gasteiger partial charge in [0.05, 0.1) is 10.0 Å². The second kappa shape index (κ2) is 5.87. The van der Waals surface area contributed by atoms with Crippen LogP contribution < -0.4 is 4.74 Å². The number of rotatable bonds is 3. The molecule has 0 spiro atoms. The number of benzene rings is 2. The van der Waals surface area contributed by atoms with Crippen LogP contribution in [0.15, 0.2) is 46.9 Å². The summed E-state index contributed by atoms with van der Waals surface area (Å²) < 4.78 is 44.1. The molecule has 0 aliphatic carbocycles. The molecule has 5 heteroatoms. The molecule has 2 aromatic rings. The first-order valence-electron chi connectivity index (χ1n) is 5.91. The smallest absolute Gasteiger partial charge is 0.416 e. The zero-order chi connectivity index (χ0) is 14.8. The van der Waals surface area contributed by atoms with Crippen molar-refractivity contribution < 1.29 is 17.9 Å². The van der Waals surface area contributed by atoms with E-state index in [-0.39, 0.29) is 6.61 Å². The number of hydrogen-bond donors (Lipinski definition) is 0. The molecule has 0 aliphatic heterocycles. The quantitative estimate of drug-likeness (QED) is 0.728. The van der Waals surface area contributed by atoms with Crippen LogP contribution in [0.2, 0.25) is 0 Å². The third kappa shape index (κ3) is 3.76. The summed E-state index contributed by atoms with van der Waals surface area (Å²) in [6.45, 7) is 2.03. The van der Waals surface area contributed by atoms with Crippen LogP contribution in [0, 0.1) is 6.92 Å². The first-order valence-corrected chi connectivity index (χ1v) is 6.70. The van der Waals surface area contributed by atoms with Gasteiger partial charge in [-0.15, -0.1) is 0 Å². The molecule has 0 atom stereocenters. The lowest BCUT2D eigenvalue weighted by atomic mass is 10.1. The van der Waals surface area contributed by atoms with E-state index in [4.69, 9.17) is 4.74 Å². The highest BCUT2D eigenvalue weighted by atomic mass is 79.9. The van der Waals surface area contributed by atoms with Crippen molar-refractivity contribution in [2.45, 2.75) is 19.7 Å². The predicted octanol–water partition coefficient (Wildman–Crippen LogP) is 5.36. The van der Waals surface area contributed by atoms with Crippen LogP contribution in [0.25, 0.3) is 0 Å². The normalized spacial score (nSPS) is 11.4. The molecule has 0 aromatic heterocycles. The van der Waals surface area contributed by atoms with Gasteiger partial charge in [-0.1, -0.05) is 18.2 Å². The van der Waals surface area contributed by atoms with Crippen molar-refractivity contribution in [3.05, 3.63) is 63.6 Å². The highest BCUT2D eigenvalue weighted by Gasteiger charge is 2.30. The second-order valence-corrected chi connectivity index (χ2v) is 5.28. The van der Waals surface area contributed by atoms with Crippen molar-refractivity contribution in [3.63, 3.8) is 0 Å². The summed E-state index contributed by atoms with van der Waals surface area (Å²) in [6, 6.07) is 10.7. The molecule has 2 aromatic carbocycles. The Morgan fingerprint density at radius 3 is 2.50 bits per heavy atom. The van der Waals surface area contributed by atoms with Gasteiger partial charge in [0.15, 0.2) is 0 Å². The minimum atomic E-state index is -4.33. The minimum absolute atomic E-state index is 0.0889.